The molecule has 21 heavy (non-hydrogen) atoms. The third-order valence-corrected chi connectivity index (χ3v) is 4.70. The Morgan fingerprint density at radius 3 is 2.52 bits per heavy atom. The standard InChI is InChI=1S/C15H19NO4S/c1-2-12-5-7-13(8-6-12)21(18,19)16-10-9-14(17)15-4-3-11-20-15/h3-8,11,14,16-17H,2,9-10H2,1H3. The van der Waals surface area contributed by atoms with E-state index in [1.807, 2.05) is 6.92 Å². The molecule has 2 N–H and O–H groups in total. The molecule has 114 valence electrons. The van der Waals surface area contributed by atoms with E-state index in [1.165, 1.54) is 6.26 Å². The van der Waals surface area contributed by atoms with Crippen LogP contribution < -0.4 is 4.72 Å². The average molecular weight is 309 g/mol. The molecular weight excluding hydrogens is 290 g/mol. The Hall–Kier alpha value is -1.63. The number of hydrogen-bond donors (Lipinski definition) is 2. The third-order valence-electron chi connectivity index (χ3n) is 3.22. The molecule has 1 aromatic heterocycles. The number of aryl methyl sites for hydroxylation is 1. The molecule has 1 heterocycles. The number of hydrogen-bond acceptors (Lipinski definition) is 4. The minimum Gasteiger partial charge on any atom is -0.467 e. The van der Waals surface area contributed by atoms with Crippen LogP contribution in [0.15, 0.2) is 52.0 Å². The molecule has 5 nitrogen and oxygen atoms in total. The Labute approximate surface area is 124 Å². The molecule has 0 saturated carbocycles. The maximum absolute atomic E-state index is 12.1. The molecule has 2 aromatic rings. The lowest BCUT2D eigenvalue weighted by molar-refractivity contribution is 0.142. The van der Waals surface area contributed by atoms with Crippen molar-refractivity contribution in [2.24, 2.45) is 0 Å². The van der Waals surface area contributed by atoms with Crippen molar-refractivity contribution in [1.29, 1.82) is 0 Å². The van der Waals surface area contributed by atoms with Gasteiger partial charge in [-0.3, -0.25) is 0 Å². The lowest BCUT2D eigenvalue weighted by Crippen LogP contribution is -2.25. The van der Waals surface area contributed by atoms with Crippen molar-refractivity contribution in [3.05, 3.63) is 54.0 Å². The Morgan fingerprint density at radius 1 is 1.24 bits per heavy atom. The van der Waals surface area contributed by atoms with Gasteiger partial charge in [-0.1, -0.05) is 19.1 Å². The number of rotatable bonds is 7. The van der Waals surface area contributed by atoms with E-state index in [0.29, 0.717) is 5.76 Å². The predicted molar refractivity (Wildman–Crippen MR) is 79.3 cm³/mol. The molecule has 0 aliphatic rings. The fourth-order valence-electron chi connectivity index (χ4n) is 1.94. The summed E-state index contributed by atoms with van der Waals surface area (Å²) in [5, 5.41) is 9.82. The molecule has 0 bridgehead atoms. The first-order valence-corrected chi connectivity index (χ1v) is 8.31. The summed E-state index contributed by atoms with van der Waals surface area (Å²) in [4.78, 5) is 0.229. The van der Waals surface area contributed by atoms with Gasteiger partial charge in [-0.15, -0.1) is 0 Å². The van der Waals surface area contributed by atoms with Crippen LogP contribution in [0.1, 0.15) is 30.8 Å². The second-order valence-corrected chi connectivity index (χ2v) is 6.48. The van der Waals surface area contributed by atoms with Crippen molar-refractivity contribution in [2.45, 2.75) is 30.8 Å². The van der Waals surface area contributed by atoms with Gasteiger partial charge in [-0.05, 0) is 42.7 Å². The van der Waals surface area contributed by atoms with Crippen molar-refractivity contribution in [3.63, 3.8) is 0 Å². The topological polar surface area (TPSA) is 79.5 Å². The molecule has 0 radical (unpaired) electrons. The molecule has 0 saturated heterocycles. The SMILES string of the molecule is CCc1ccc(S(=O)(=O)NCCC(O)c2ccco2)cc1. The van der Waals surface area contributed by atoms with E-state index in [4.69, 9.17) is 4.42 Å². The second-order valence-electron chi connectivity index (χ2n) is 4.72. The minimum absolute atomic E-state index is 0.139. The van der Waals surface area contributed by atoms with Crippen LogP contribution in [0.5, 0.6) is 0 Å². The van der Waals surface area contributed by atoms with Crippen LogP contribution in [-0.2, 0) is 16.4 Å². The number of sulfonamides is 1. The summed E-state index contributed by atoms with van der Waals surface area (Å²) in [5.74, 6) is 0.432. The zero-order chi connectivity index (χ0) is 15.3. The van der Waals surface area contributed by atoms with Gasteiger partial charge in [0.15, 0.2) is 0 Å². The Bertz CT molecular complexity index is 647. The van der Waals surface area contributed by atoms with Gasteiger partial charge < -0.3 is 9.52 Å². The maximum Gasteiger partial charge on any atom is 0.240 e. The highest BCUT2D eigenvalue weighted by molar-refractivity contribution is 7.89. The fraction of sp³-hybridized carbons (Fsp3) is 0.333. The molecule has 6 heteroatoms. The quantitative estimate of drug-likeness (QED) is 0.822. The number of furan rings is 1. The Balaban J connectivity index is 1.91. The molecule has 2 rings (SSSR count). The minimum atomic E-state index is -3.54. The molecule has 1 aromatic carbocycles. The van der Waals surface area contributed by atoms with E-state index in [-0.39, 0.29) is 17.9 Å². The molecule has 0 aliphatic heterocycles. The van der Waals surface area contributed by atoms with E-state index in [9.17, 15) is 13.5 Å². The average Bonchev–Trinajstić information content (AvgIpc) is 3.01. The van der Waals surface area contributed by atoms with Crippen LogP contribution in [0.3, 0.4) is 0 Å². The van der Waals surface area contributed by atoms with Crippen molar-refractivity contribution < 1.29 is 17.9 Å². The predicted octanol–water partition coefficient (Wildman–Crippen LogP) is 2.24. The van der Waals surface area contributed by atoms with Gasteiger partial charge in [0.2, 0.25) is 10.0 Å². The summed E-state index contributed by atoms with van der Waals surface area (Å²) in [6, 6.07) is 10.1. The lowest BCUT2D eigenvalue weighted by atomic mass is 10.2. The van der Waals surface area contributed by atoms with Crippen LogP contribution in [0.2, 0.25) is 0 Å². The summed E-state index contributed by atoms with van der Waals surface area (Å²) in [6.07, 6.45) is 1.77. The number of nitrogens with one attached hydrogen (secondary N) is 1. The molecule has 1 unspecified atom stereocenters. The highest BCUT2D eigenvalue weighted by atomic mass is 32.2. The third kappa shape index (κ3) is 4.17. The van der Waals surface area contributed by atoms with Gasteiger partial charge in [0.05, 0.1) is 11.2 Å². The number of aliphatic hydroxyl groups excluding tert-OH is 1. The van der Waals surface area contributed by atoms with Crippen LogP contribution in [0.25, 0.3) is 0 Å². The van der Waals surface area contributed by atoms with Crippen LogP contribution in [0, 0.1) is 0 Å². The van der Waals surface area contributed by atoms with Crippen LogP contribution in [-0.4, -0.2) is 20.1 Å². The fourth-order valence-corrected chi connectivity index (χ4v) is 2.99. The summed E-state index contributed by atoms with van der Waals surface area (Å²) >= 11 is 0. The highest BCUT2D eigenvalue weighted by Gasteiger charge is 2.15. The smallest absolute Gasteiger partial charge is 0.240 e. The van der Waals surface area contributed by atoms with Crippen molar-refractivity contribution in [2.75, 3.05) is 6.54 Å². The normalized spacial score (nSPS) is 13.2. The largest absolute Gasteiger partial charge is 0.467 e. The first-order valence-electron chi connectivity index (χ1n) is 6.83. The molecule has 1 atom stereocenters. The zero-order valence-corrected chi connectivity index (χ0v) is 12.6. The van der Waals surface area contributed by atoms with Gasteiger partial charge in [-0.2, -0.15) is 0 Å². The Morgan fingerprint density at radius 2 is 1.95 bits per heavy atom. The van der Waals surface area contributed by atoms with E-state index in [0.717, 1.165) is 12.0 Å². The highest BCUT2D eigenvalue weighted by Crippen LogP contribution is 2.17. The molecular formula is C15H19NO4S. The zero-order valence-electron chi connectivity index (χ0n) is 11.8. The van der Waals surface area contributed by atoms with Crippen LogP contribution in [0.4, 0.5) is 0 Å². The molecule has 0 fully saturated rings. The summed E-state index contributed by atoms with van der Waals surface area (Å²) in [6.45, 7) is 2.15. The van der Waals surface area contributed by atoms with E-state index >= 15 is 0 Å². The summed E-state index contributed by atoms with van der Waals surface area (Å²) in [5.41, 5.74) is 1.09. The first-order chi connectivity index (χ1) is 10.0. The number of benzene rings is 1. The lowest BCUT2D eigenvalue weighted by Gasteiger charge is -2.10. The van der Waals surface area contributed by atoms with Crippen molar-refractivity contribution in [3.8, 4) is 0 Å². The van der Waals surface area contributed by atoms with Crippen LogP contribution >= 0.6 is 0 Å². The van der Waals surface area contributed by atoms with Gasteiger partial charge in [-0.25, -0.2) is 13.1 Å². The van der Waals surface area contributed by atoms with E-state index in [2.05, 4.69) is 4.72 Å². The second kappa shape index (κ2) is 6.89. The number of aliphatic hydroxyl groups is 1. The summed E-state index contributed by atoms with van der Waals surface area (Å²) < 4.78 is 31.7. The van der Waals surface area contributed by atoms with Crippen molar-refractivity contribution >= 4 is 10.0 Å². The van der Waals surface area contributed by atoms with Gasteiger partial charge >= 0.3 is 0 Å². The molecule has 0 spiro atoms. The maximum atomic E-state index is 12.1. The monoisotopic (exact) mass is 309 g/mol. The summed E-state index contributed by atoms with van der Waals surface area (Å²) in [7, 11) is -3.54. The van der Waals surface area contributed by atoms with Gasteiger partial charge in [0, 0.05) is 6.54 Å². The van der Waals surface area contributed by atoms with E-state index in [1.54, 1.807) is 36.4 Å². The first kappa shape index (κ1) is 15.8. The van der Waals surface area contributed by atoms with E-state index < -0.39 is 16.1 Å². The molecule has 0 aliphatic carbocycles. The van der Waals surface area contributed by atoms with Gasteiger partial charge in [0.1, 0.15) is 11.9 Å². The van der Waals surface area contributed by atoms with Gasteiger partial charge in [0.25, 0.3) is 0 Å². The van der Waals surface area contributed by atoms with Crippen molar-refractivity contribution in [1.82, 2.24) is 4.72 Å². The molecule has 0 amide bonds. The Kier molecular flexibility index (Phi) is 5.17.